The summed E-state index contributed by atoms with van der Waals surface area (Å²) in [7, 11) is 1.62. The third kappa shape index (κ3) is 3.13. The Hall–Kier alpha value is -0.740. The van der Waals surface area contributed by atoms with Gasteiger partial charge >= 0.3 is 0 Å². The molecule has 2 unspecified atom stereocenters. The van der Waals surface area contributed by atoms with Crippen LogP contribution >= 0.6 is 11.8 Å². The Labute approximate surface area is 106 Å². The Morgan fingerprint density at radius 2 is 2.35 bits per heavy atom. The van der Waals surface area contributed by atoms with Crippen molar-refractivity contribution < 1.29 is 9.13 Å². The molecule has 0 spiro atoms. The van der Waals surface area contributed by atoms with Crippen molar-refractivity contribution in [1.82, 2.24) is 5.32 Å². The maximum Gasteiger partial charge on any atom is 0.123 e. The normalized spacial score (nSPS) is 21.5. The van der Waals surface area contributed by atoms with Crippen LogP contribution in [0.1, 0.15) is 24.9 Å². The largest absolute Gasteiger partial charge is 0.496 e. The molecule has 0 aromatic heterocycles. The van der Waals surface area contributed by atoms with Gasteiger partial charge in [0.05, 0.1) is 7.11 Å². The number of hydrogen-bond acceptors (Lipinski definition) is 3. The topological polar surface area (TPSA) is 21.3 Å². The number of rotatable bonds is 4. The van der Waals surface area contributed by atoms with E-state index in [1.807, 2.05) is 11.8 Å². The molecule has 2 rings (SSSR count). The summed E-state index contributed by atoms with van der Waals surface area (Å²) in [5.74, 6) is 2.89. The number of ether oxygens (including phenoxy) is 1. The fourth-order valence-electron chi connectivity index (χ4n) is 2.15. The van der Waals surface area contributed by atoms with Crippen molar-refractivity contribution in [3.05, 3.63) is 29.6 Å². The summed E-state index contributed by atoms with van der Waals surface area (Å²) < 4.78 is 18.5. The summed E-state index contributed by atoms with van der Waals surface area (Å²) in [6, 6.07) is 5.32. The first kappa shape index (κ1) is 12.7. The molecule has 0 radical (unpaired) electrons. The lowest BCUT2D eigenvalue weighted by molar-refractivity contribution is 0.394. The van der Waals surface area contributed by atoms with Crippen molar-refractivity contribution in [3.63, 3.8) is 0 Å². The molecule has 1 aromatic rings. The molecule has 0 bridgehead atoms. The highest BCUT2D eigenvalue weighted by Crippen LogP contribution is 2.27. The average Bonchev–Trinajstić information content (AvgIpc) is 2.81. The molecule has 1 aliphatic rings. The fourth-order valence-corrected chi connectivity index (χ4v) is 3.32. The number of benzene rings is 1. The van der Waals surface area contributed by atoms with Gasteiger partial charge in [0, 0.05) is 23.4 Å². The first-order chi connectivity index (χ1) is 8.20. The van der Waals surface area contributed by atoms with E-state index in [4.69, 9.17) is 4.74 Å². The molecule has 1 heterocycles. The maximum absolute atomic E-state index is 13.3. The van der Waals surface area contributed by atoms with E-state index in [9.17, 15) is 4.39 Å². The number of hydrogen-bond donors (Lipinski definition) is 1. The molecule has 0 saturated carbocycles. The molecule has 1 aliphatic heterocycles. The molecule has 17 heavy (non-hydrogen) atoms. The first-order valence-electron chi connectivity index (χ1n) is 5.88. The van der Waals surface area contributed by atoms with Gasteiger partial charge in [-0.2, -0.15) is 11.8 Å². The minimum atomic E-state index is -0.213. The fraction of sp³-hybridized carbons (Fsp3) is 0.538. The quantitative estimate of drug-likeness (QED) is 0.893. The van der Waals surface area contributed by atoms with Gasteiger partial charge in [-0.1, -0.05) is 0 Å². The van der Waals surface area contributed by atoms with Gasteiger partial charge in [-0.05, 0) is 37.3 Å². The maximum atomic E-state index is 13.3. The zero-order valence-electron chi connectivity index (χ0n) is 10.2. The minimum Gasteiger partial charge on any atom is -0.496 e. The minimum absolute atomic E-state index is 0.115. The molecule has 1 N–H and O–H groups in total. The summed E-state index contributed by atoms with van der Waals surface area (Å²) in [6.07, 6.45) is 1.19. The summed E-state index contributed by atoms with van der Waals surface area (Å²) in [6.45, 7) is 2.06. The number of halogens is 1. The Morgan fingerprint density at radius 3 is 3.00 bits per heavy atom. The first-order valence-corrected chi connectivity index (χ1v) is 7.03. The van der Waals surface area contributed by atoms with Gasteiger partial charge in [0.1, 0.15) is 11.6 Å². The number of thioether (sulfide) groups is 1. The van der Waals surface area contributed by atoms with Gasteiger partial charge in [0.25, 0.3) is 0 Å². The molecular weight excluding hydrogens is 237 g/mol. The summed E-state index contributed by atoms with van der Waals surface area (Å²) in [5, 5.41) is 3.53. The molecular formula is C13H18FNOS. The number of nitrogens with one attached hydrogen (secondary N) is 1. The van der Waals surface area contributed by atoms with Crippen LogP contribution in [-0.2, 0) is 0 Å². The summed E-state index contributed by atoms with van der Waals surface area (Å²) in [4.78, 5) is 0. The van der Waals surface area contributed by atoms with E-state index in [-0.39, 0.29) is 11.9 Å². The molecule has 94 valence electrons. The van der Waals surface area contributed by atoms with Crippen LogP contribution in [0.5, 0.6) is 5.75 Å². The van der Waals surface area contributed by atoms with E-state index in [1.165, 1.54) is 18.2 Å². The van der Waals surface area contributed by atoms with Crippen molar-refractivity contribution in [2.24, 2.45) is 0 Å². The van der Waals surface area contributed by atoms with Crippen LogP contribution in [0.3, 0.4) is 0 Å². The standard InChI is InChI=1S/C13H18FNOS/c1-9(15-11-5-6-17-8-11)12-7-10(14)3-4-13(12)16-2/h3-4,7,9,11,15H,5-6,8H2,1-2H3. The Kier molecular flexibility index (Phi) is 4.29. The van der Waals surface area contributed by atoms with E-state index in [0.29, 0.717) is 6.04 Å². The van der Waals surface area contributed by atoms with Crippen LogP contribution in [0, 0.1) is 5.82 Å². The highest BCUT2D eigenvalue weighted by Gasteiger charge is 2.20. The lowest BCUT2D eigenvalue weighted by Gasteiger charge is -2.21. The molecule has 2 atom stereocenters. The van der Waals surface area contributed by atoms with Gasteiger partial charge in [-0.15, -0.1) is 0 Å². The highest BCUT2D eigenvalue weighted by molar-refractivity contribution is 7.99. The summed E-state index contributed by atoms with van der Waals surface area (Å²) in [5.41, 5.74) is 0.893. The van der Waals surface area contributed by atoms with E-state index in [0.717, 1.165) is 17.1 Å². The van der Waals surface area contributed by atoms with Crippen LogP contribution in [0.2, 0.25) is 0 Å². The van der Waals surface area contributed by atoms with E-state index in [1.54, 1.807) is 19.2 Å². The molecule has 1 aromatic carbocycles. The highest BCUT2D eigenvalue weighted by atomic mass is 32.2. The second-order valence-electron chi connectivity index (χ2n) is 4.34. The van der Waals surface area contributed by atoms with Gasteiger partial charge in [0.15, 0.2) is 0 Å². The molecule has 4 heteroatoms. The van der Waals surface area contributed by atoms with Crippen molar-refractivity contribution in [2.75, 3.05) is 18.6 Å². The predicted octanol–water partition coefficient (Wildman–Crippen LogP) is 2.99. The van der Waals surface area contributed by atoms with E-state index in [2.05, 4.69) is 12.2 Å². The third-order valence-electron chi connectivity index (χ3n) is 3.07. The predicted molar refractivity (Wildman–Crippen MR) is 70.2 cm³/mol. The molecule has 1 saturated heterocycles. The lowest BCUT2D eigenvalue weighted by atomic mass is 10.1. The van der Waals surface area contributed by atoms with Gasteiger partial charge in [-0.25, -0.2) is 4.39 Å². The van der Waals surface area contributed by atoms with Crippen molar-refractivity contribution >= 4 is 11.8 Å². The lowest BCUT2D eigenvalue weighted by Crippen LogP contribution is -2.31. The van der Waals surface area contributed by atoms with Crippen LogP contribution in [0.25, 0.3) is 0 Å². The van der Waals surface area contributed by atoms with Crippen molar-refractivity contribution in [1.29, 1.82) is 0 Å². The Bertz CT molecular complexity index is 380. The van der Waals surface area contributed by atoms with E-state index >= 15 is 0 Å². The average molecular weight is 255 g/mol. The number of methoxy groups -OCH3 is 1. The van der Waals surface area contributed by atoms with Gasteiger partial charge in [-0.3, -0.25) is 0 Å². The van der Waals surface area contributed by atoms with E-state index < -0.39 is 0 Å². The van der Waals surface area contributed by atoms with Gasteiger partial charge in [0.2, 0.25) is 0 Å². The second-order valence-corrected chi connectivity index (χ2v) is 5.48. The molecule has 1 fully saturated rings. The Balaban J connectivity index is 2.11. The SMILES string of the molecule is COc1ccc(F)cc1C(C)NC1CCSC1. The smallest absolute Gasteiger partial charge is 0.123 e. The monoisotopic (exact) mass is 255 g/mol. The second kappa shape index (κ2) is 5.74. The van der Waals surface area contributed by atoms with Crippen molar-refractivity contribution in [3.8, 4) is 5.75 Å². The molecule has 2 nitrogen and oxygen atoms in total. The van der Waals surface area contributed by atoms with Crippen molar-refractivity contribution in [2.45, 2.75) is 25.4 Å². The summed E-state index contributed by atoms with van der Waals surface area (Å²) >= 11 is 1.96. The van der Waals surface area contributed by atoms with Crippen LogP contribution < -0.4 is 10.1 Å². The molecule has 0 amide bonds. The van der Waals surface area contributed by atoms with Crippen LogP contribution in [-0.4, -0.2) is 24.7 Å². The molecule has 0 aliphatic carbocycles. The zero-order valence-corrected chi connectivity index (χ0v) is 11.0. The Morgan fingerprint density at radius 1 is 1.53 bits per heavy atom. The third-order valence-corrected chi connectivity index (χ3v) is 4.24. The van der Waals surface area contributed by atoms with Crippen LogP contribution in [0.4, 0.5) is 4.39 Å². The van der Waals surface area contributed by atoms with Gasteiger partial charge < -0.3 is 10.1 Å². The van der Waals surface area contributed by atoms with Crippen LogP contribution in [0.15, 0.2) is 18.2 Å². The zero-order chi connectivity index (χ0) is 12.3.